The van der Waals surface area contributed by atoms with Crippen LogP contribution in [0.25, 0.3) is 72.4 Å². The van der Waals surface area contributed by atoms with Crippen molar-refractivity contribution in [3.8, 4) is 50.6 Å². The van der Waals surface area contributed by atoms with Gasteiger partial charge >= 0.3 is 0 Å². The fourth-order valence-electron chi connectivity index (χ4n) is 8.97. The van der Waals surface area contributed by atoms with Gasteiger partial charge in [-0.05, 0) is 56.6 Å². The van der Waals surface area contributed by atoms with Gasteiger partial charge in [0.2, 0.25) is 0 Å². The summed E-state index contributed by atoms with van der Waals surface area (Å²) in [5, 5.41) is 2.54. The van der Waals surface area contributed by atoms with Crippen LogP contribution in [0.15, 0.2) is 140 Å². The number of rotatable bonds is 3. The normalized spacial score (nSPS) is 14.9. The SMILES string of the molecule is CC1(C)c2ccc3c(c2-c2c1ccc1c2c2ccccc2n1-c1cnc(-c2ccccc2)nc1-c1ccccc1)C(C)(C)c1ccccc1-3. The first-order valence-corrected chi connectivity index (χ1v) is 17.2. The molecule has 0 N–H and O–H groups in total. The molecule has 0 saturated heterocycles. The average Bonchev–Trinajstić information content (AvgIpc) is 3.69. The predicted octanol–water partition coefficient (Wildman–Crippen LogP) is 11.5. The topological polar surface area (TPSA) is 30.7 Å². The second-order valence-corrected chi connectivity index (χ2v) is 14.6. The van der Waals surface area contributed by atoms with Gasteiger partial charge in [0.25, 0.3) is 0 Å². The number of para-hydroxylation sites is 1. The van der Waals surface area contributed by atoms with Crippen molar-refractivity contribution in [1.82, 2.24) is 14.5 Å². The summed E-state index contributed by atoms with van der Waals surface area (Å²) >= 11 is 0. The van der Waals surface area contributed by atoms with Gasteiger partial charge in [-0.1, -0.05) is 149 Å². The van der Waals surface area contributed by atoms with E-state index >= 15 is 0 Å². The van der Waals surface area contributed by atoms with Gasteiger partial charge in [-0.2, -0.15) is 0 Å². The van der Waals surface area contributed by atoms with Crippen LogP contribution in [0.1, 0.15) is 49.9 Å². The fourth-order valence-corrected chi connectivity index (χ4v) is 8.97. The molecule has 2 aliphatic carbocycles. The largest absolute Gasteiger partial charge is 0.306 e. The Morgan fingerprint density at radius 1 is 0.510 bits per heavy atom. The quantitative estimate of drug-likeness (QED) is 0.195. The number of hydrogen-bond acceptors (Lipinski definition) is 2. The molecule has 2 heterocycles. The van der Waals surface area contributed by atoms with Crippen LogP contribution in [-0.4, -0.2) is 14.5 Å². The molecule has 10 rings (SSSR count). The van der Waals surface area contributed by atoms with Gasteiger partial charge in [-0.25, -0.2) is 9.97 Å². The van der Waals surface area contributed by atoms with E-state index < -0.39 is 0 Å². The summed E-state index contributed by atoms with van der Waals surface area (Å²) in [6.45, 7) is 9.61. The Labute approximate surface area is 286 Å². The zero-order valence-electron chi connectivity index (χ0n) is 28.1. The van der Waals surface area contributed by atoms with E-state index in [9.17, 15) is 0 Å². The van der Waals surface area contributed by atoms with E-state index in [1.807, 2.05) is 24.4 Å². The van der Waals surface area contributed by atoms with Crippen molar-refractivity contribution >= 4 is 21.8 Å². The number of benzene rings is 6. The van der Waals surface area contributed by atoms with E-state index in [-0.39, 0.29) is 10.8 Å². The Hall–Kier alpha value is -5.80. The highest BCUT2D eigenvalue weighted by Gasteiger charge is 2.45. The van der Waals surface area contributed by atoms with Crippen molar-refractivity contribution in [2.24, 2.45) is 0 Å². The molecule has 0 unspecified atom stereocenters. The highest BCUT2D eigenvalue weighted by atomic mass is 15.0. The maximum Gasteiger partial charge on any atom is 0.159 e. The van der Waals surface area contributed by atoms with Gasteiger partial charge in [0.15, 0.2) is 5.82 Å². The van der Waals surface area contributed by atoms with Crippen LogP contribution in [0.2, 0.25) is 0 Å². The molecule has 0 saturated carbocycles. The van der Waals surface area contributed by atoms with E-state index in [2.05, 4.69) is 148 Å². The minimum atomic E-state index is -0.141. The van der Waals surface area contributed by atoms with E-state index in [1.165, 1.54) is 60.8 Å². The second kappa shape index (κ2) is 9.87. The van der Waals surface area contributed by atoms with Gasteiger partial charge in [0.05, 0.1) is 28.6 Å². The molecule has 3 nitrogen and oxygen atoms in total. The Morgan fingerprint density at radius 3 is 1.96 bits per heavy atom. The predicted molar refractivity (Wildman–Crippen MR) is 202 cm³/mol. The van der Waals surface area contributed by atoms with Crippen molar-refractivity contribution in [3.05, 3.63) is 162 Å². The van der Waals surface area contributed by atoms with Crippen molar-refractivity contribution in [2.45, 2.75) is 38.5 Å². The van der Waals surface area contributed by atoms with E-state index in [1.54, 1.807) is 0 Å². The monoisotopic (exact) mass is 629 g/mol. The van der Waals surface area contributed by atoms with E-state index in [0.29, 0.717) is 0 Å². The standard InChI is InChI=1S/C46H35N3/c1-45(2)34-25-26-37-39(40(34)41-35(45)24-23-31-30-19-11-13-21-33(30)46(3,4)42(31)41)32-20-12-14-22-36(32)49(37)38-27-47-44(29-17-9-6-10-18-29)48-43(38)28-15-7-5-8-16-28/h5-27H,1-4H3. The van der Waals surface area contributed by atoms with Crippen molar-refractivity contribution < 1.29 is 0 Å². The lowest BCUT2D eigenvalue weighted by atomic mass is 9.77. The lowest BCUT2D eigenvalue weighted by molar-refractivity contribution is 0.647. The third kappa shape index (κ3) is 3.73. The van der Waals surface area contributed by atoms with Gasteiger partial charge in [0, 0.05) is 32.7 Å². The number of aromatic nitrogens is 3. The first kappa shape index (κ1) is 28.2. The molecule has 0 amide bonds. The van der Waals surface area contributed by atoms with Crippen LogP contribution < -0.4 is 0 Å². The molecule has 0 fully saturated rings. The summed E-state index contributed by atoms with van der Waals surface area (Å²) in [5.74, 6) is 0.720. The molecule has 0 spiro atoms. The zero-order chi connectivity index (χ0) is 33.1. The average molecular weight is 630 g/mol. The molecule has 0 radical (unpaired) electrons. The number of hydrogen-bond donors (Lipinski definition) is 0. The van der Waals surface area contributed by atoms with Gasteiger partial charge < -0.3 is 4.57 Å². The maximum atomic E-state index is 5.27. The lowest BCUT2D eigenvalue weighted by Gasteiger charge is -2.26. The fraction of sp³-hybridized carbons (Fsp3) is 0.130. The van der Waals surface area contributed by atoms with Crippen LogP contribution in [0.4, 0.5) is 0 Å². The molecule has 8 aromatic rings. The first-order chi connectivity index (χ1) is 23.9. The van der Waals surface area contributed by atoms with Crippen molar-refractivity contribution in [2.75, 3.05) is 0 Å². The molecule has 2 aromatic heterocycles. The van der Waals surface area contributed by atoms with Gasteiger partial charge in [0.1, 0.15) is 0 Å². The van der Waals surface area contributed by atoms with Gasteiger partial charge in [-0.15, -0.1) is 0 Å². The maximum absolute atomic E-state index is 5.27. The Bertz CT molecular complexity index is 2640. The van der Waals surface area contributed by atoms with Crippen molar-refractivity contribution in [3.63, 3.8) is 0 Å². The van der Waals surface area contributed by atoms with Gasteiger partial charge in [-0.3, -0.25) is 0 Å². The minimum Gasteiger partial charge on any atom is -0.306 e. The summed E-state index contributed by atoms with van der Waals surface area (Å²) in [5.41, 5.74) is 17.1. The Balaban J connectivity index is 1.32. The smallest absolute Gasteiger partial charge is 0.159 e. The third-order valence-corrected chi connectivity index (χ3v) is 11.2. The lowest BCUT2D eigenvalue weighted by Crippen LogP contribution is -2.18. The third-order valence-electron chi connectivity index (χ3n) is 11.2. The molecule has 6 aromatic carbocycles. The second-order valence-electron chi connectivity index (χ2n) is 14.6. The van der Waals surface area contributed by atoms with Crippen LogP contribution in [0.3, 0.4) is 0 Å². The Morgan fingerprint density at radius 2 is 1.16 bits per heavy atom. The van der Waals surface area contributed by atoms with E-state index in [0.717, 1.165) is 33.8 Å². The van der Waals surface area contributed by atoms with Crippen LogP contribution in [0, 0.1) is 0 Å². The molecule has 234 valence electrons. The minimum absolute atomic E-state index is 0.128. The summed E-state index contributed by atoms with van der Waals surface area (Å²) in [6.07, 6.45) is 2.02. The Kier molecular flexibility index (Phi) is 5.69. The first-order valence-electron chi connectivity index (χ1n) is 17.2. The molecular formula is C46H35N3. The molecule has 0 bridgehead atoms. The zero-order valence-corrected chi connectivity index (χ0v) is 28.1. The molecule has 3 heteroatoms. The summed E-state index contributed by atoms with van der Waals surface area (Å²) in [6, 6.07) is 48.1. The van der Waals surface area contributed by atoms with Crippen LogP contribution in [-0.2, 0) is 10.8 Å². The summed E-state index contributed by atoms with van der Waals surface area (Å²) in [4.78, 5) is 10.3. The van der Waals surface area contributed by atoms with Crippen LogP contribution >= 0.6 is 0 Å². The molecule has 0 aliphatic heterocycles. The van der Waals surface area contributed by atoms with E-state index in [4.69, 9.17) is 9.97 Å². The molecule has 49 heavy (non-hydrogen) atoms. The number of nitrogens with zero attached hydrogens (tertiary/aromatic N) is 3. The van der Waals surface area contributed by atoms with Crippen LogP contribution in [0.5, 0.6) is 0 Å². The summed E-state index contributed by atoms with van der Waals surface area (Å²) in [7, 11) is 0. The van der Waals surface area contributed by atoms with Crippen molar-refractivity contribution in [1.29, 1.82) is 0 Å². The molecule has 0 atom stereocenters. The summed E-state index contributed by atoms with van der Waals surface area (Å²) < 4.78 is 2.40. The highest BCUT2D eigenvalue weighted by Crippen LogP contribution is 2.61. The highest BCUT2D eigenvalue weighted by molar-refractivity contribution is 6.19. The molecular weight excluding hydrogens is 595 g/mol. The number of fused-ring (bicyclic) bond motifs is 11. The molecule has 2 aliphatic rings.